The molecule has 32 heavy (non-hydrogen) atoms. The highest BCUT2D eigenvalue weighted by molar-refractivity contribution is 6.09. The van der Waals surface area contributed by atoms with E-state index < -0.39 is 17.3 Å². The maximum Gasteiger partial charge on any atom is 0.269 e. The van der Waals surface area contributed by atoms with Gasteiger partial charge in [-0.2, -0.15) is 10.2 Å². The highest BCUT2D eigenvalue weighted by atomic mass is 19.1. The summed E-state index contributed by atoms with van der Waals surface area (Å²) in [5, 5.41) is 12.1. The van der Waals surface area contributed by atoms with Crippen LogP contribution in [-0.2, 0) is 4.79 Å². The summed E-state index contributed by atoms with van der Waals surface area (Å²) in [5.74, 6) is -0.835. The molecule has 0 saturated carbocycles. The molecule has 0 atom stereocenters. The van der Waals surface area contributed by atoms with E-state index >= 15 is 0 Å². The van der Waals surface area contributed by atoms with Crippen molar-refractivity contribution in [3.05, 3.63) is 106 Å². The van der Waals surface area contributed by atoms with E-state index in [0.29, 0.717) is 17.1 Å². The molecule has 0 unspecified atom stereocenters. The van der Waals surface area contributed by atoms with E-state index in [1.807, 2.05) is 6.07 Å². The highest BCUT2D eigenvalue weighted by Crippen LogP contribution is 2.24. The first-order valence-electron chi connectivity index (χ1n) is 9.48. The van der Waals surface area contributed by atoms with Gasteiger partial charge in [-0.3, -0.25) is 14.0 Å². The molecule has 156 valence electrons. The number of aromatic nitrogens is 2. The Morgan fingerprint density at radius 3 is 2.50 bits per heavy atom. The lowest BCUT2D eigenvalue weighted by Gasteiger charge is -2.10. The van der Waals surface area contributed by atoms with Gasteiger partial charge in [-0.05, 0) is 54.6 Å². The van der Waals surface area contributed by atoms with Crippen LogP contribution in [0.25, 0.3) is 11.7 Å². The van der Waals surface area contributed by atoms with Crippen molar-refractivity contribution in [1.29, 1.82) is 5.26 Å². The zero-order valence-corrected chi connectivity index (χ0v) is 16.5. The van der Waals surface area contributed by atoms with Gasteiger partial charge in [0.05, 0.1) is 0 Å². The lowest BCUT2D eigenvalue weighted by Crippen LogP contribution is -2.20. The molecule has 2 aromatic heterocycles. The van der Waals surface area contributed by atoms with Gasteiger partial charge < -0.3 is 10.1 Å². The summed E-state index contributed by atoms with van der Waals surface area (Å²) >= 11 is 0. The molecule has 7 nitrogen and oxygen atoms in total. The van der Waals surface area contributed by atoms with Crippen LogP contribution in [0.15, 0.2) is 89.4 Å². The summed E-state index contributed by atoms with van der Waals surface area (Å²) in [6.45, 7) is 0. The van der Waals surface area contributed by atoms with E-state index in [9.17, 15) is 19.2 Å². The van der Waals surface area contributed by atoms with Crippen molar-refractivity contribution in [3.8, 4) is 17.7 Å². The molecule has 0 radical (unpaired) electrons. The Balaban J connectivity index is 1.79. The Kier molecular flexibility index (Phi) is 5.72. The fraction of sp³-hybridized carbons (Fsp3) is 0. The van der Waals surface area contributed by atoms with Gasteiger partial charge in [0.1, 0.15) is 34.4 Å². The molecule has 0 bridgehead atoms. The largest absolute Gasteiger partial charge is 0.438 e. The van der Waals surface area contributed by atoms with Gasteiger partial charge in [0, 0.05) is 11.9 Å². The number of rotatable bonds is 5. The van der Waals surface area contributed by atoms with E-state index in [-0.39, 0.29) is 17.0 Å². The molecule has 8 heteroatoms. The van der Waals surface area contributed by atoms with E-state index in [2.05, 4.69) is 10.3 Å². The monoisotopic (exact) mass is 426 g/mol. The summed E-state index contributed by atoms with van der Waals surface area (Å²) < 4.78 is 20.2. The van der Waals surface area contributed by atoms with Crippen LogP contribution >= 0.6 is 0 Å². The van der Waals surface area contributed by atoms with Gasteiger partial charge in [-0.15, -0.1) is 0 Å². The number of nitrogens with zero attached hydrogens (tertiary/aromatic N) is 3. The number of amides is 1. The highest BCUT2D eigenvalue weighted by Gasteiger charge is 2.17. The summed E-state index contributed by atoms with van der Waals surface area (Å²) in [6.07, 6.45) is 2.66. The molecule has 0 aliphatic heterocycles. The summed E-state index contributed by atoms with van der Waals surface area (Å²) in [7, 11) is 0. The zero-order chi connectivity index (χ0) is 22.5. The van der Waals surface area contributed by atoms with Gasteiger partial charge in [0.15, 0.2) is 0 Å². The van der Waals surface area contributed by atoms with Gasteiger partial charge in [0.25, 0.3) is 11.5 Å². The number of nitriles is 1. The maximum atomic E-state index is 13.1. The number of benzene rings is 2. The van der Waals surface area contributed by atoms with Crippen molar-refractivity contribution >= 4 is 23.3 Å². The van der Waals surface area contributed by atoms with Gasteiger partial charge in [-0.25, -0.2) is 4.39 Å². The van der Waals surface area contributed by atoms with Crippen molar-refractivity contribution in [2.24, 2.45) is 0 Å². The second kappa shape index (κ2) is 8.93. The van der Waals surface area contributed by atoms with Crippen LogP contribution in [0.4, 0.5) is 10.1 Å². The molecule has 0 aliphatic rings. The first kappa shape index (κ1) is 20.5. The second-order valence-corrected chi connectivity index (χ2v) is 6.61. The predicted molar refractivity (Wildman–Crippen MR) is 117 cm³/mol. The predicted octanol–water partition coefficient (Wildman–Crippen LogP) is 4.17. The number of hydrogen-bond acceptors (Lipinski definition) is 5. The molecule has 1 amide bonds. The summed E-state index contributed by atoms with van der Waals surface area (Å²) in [5.41, 5.74) is -0.282. The standard InChI is InChI=1S/C24H15FN4O3/c25-17-9-11-18(12-10-17)27-22(30)16(15-26)14-20-23(32-19-6-2-1-3-7-19)28-21-8-4-5-13-29(21)24(20)31/h1-14H,(H,27,30)/b16-14-. The molecule has 1 N–H and O–H groups in total. The number of carbonyl (C=O) groups excluding carboxylic acids is 1. The second-order valence-electron chi connectivity index (χ2n) is 6.61. The third-order valence-electron chi connectivity index (χ3n) is 4.45. The topological polar surface area (TPSA) is 96.5 Å². The average Bonchev–Trinajstić information content (AvgIpc) is 2.81. The third-order valence-corrected chi connectivity index (χ3v) is 4.45. The SMILES string of the molecule is N#C/C(=C/c1c(Oc2ccccc2)nc2ccccn2c1=O)C(=O)Nc1ccc(F)cc1. The van der Waals surface area contributed by atoms with Crippen LogP contribution in [0.1, 0.15) is 5.56 Å². The maximum absolute atomic E-state index is 13.1. The van der Waals surface area contributed by atoms with Crippen LogP contribution < -0.4 is 15.6 Å². The molecule has 4 rings (SSSR count). The molecule has 0 spiro atoms. The van der Waals surface area contributed by atoms with E-state index in [1.54, 1.807) is 48.5 Å². The Morgan fingerprint density at radius 1 is 1.06 bits per heavy atom. The van der Waals surface area contributed by atoms with Crippen molar-refractivity contribution in [1.82, 2.24) is 9.38 Å². The third kappa shape index (κ3) is 4.37. The molecule has 2 aromatic carbocycles. The zero-order valence-electron chi connectivity index (χ0n) is 16.5. The van der Waals surface area contributed by atoms with E-state index in [1.165, 1.54) is 34.9 Å². The smallest absolute Gasteiger partial charge is 0.269 e. The number of anilines is 1. The van der Waals surface area contributed by atoms with Gasteiger partial charge >= 0.3 is 0 Å². The Labute approximate surface area is 181 Å². The fourth-order valence-corrected chi connectivity index (χ4v) is 2.91. The van der Waals surface area contributed by atoms with Crippen molar-refractivity contribution in [2.75, 3.05) is 5.32 Å². The quantitative estimate of drug-likeness (QED) is 0.382. The number of pyridine rings is 1. The van der Waals surface area contributed by atoms with Crippen molar-refractivity contribution in [3.63, 3.8) is 0 Å². The van der Waals surface area contributed by atoms with Crippen LogP contribution in [-0.4, -0.2) is 15.3 Å². The minimum Gasteiger partial charge on any atom is -0.438 e. The van der Waals surface area contributed by atoms with Crippen LogP contribution in [0.3, 0.4) is 0 Å². The fourth-order valence-electron chi connectivity index (χ4n) is 2.91. The molecule has 0 saturated heterocycles. The number of hydrogen-bond donors (Lipinski definition) is 1. The Morgan fingerprint density at radius 2 is 1.78 bits per heavy atom. The molecule has 2 heterocycles. The lowest BCUT2D eigenvalue weighted by molar-refractivity contribution is -0.112. The number of ether oxygens (including phenoxy) is 1. The molecule has 4 aromatic rings. The normalized spacial score (nSPS) is 11.1. The minimum absolute atomic E-state index is 0.0465. The van der Waals surface area contributed by atoms with Crippen LogP contribution in [0, 0.1) is 17.1 Å². The number of para-hydroxylation sites is 1. The van der Waals surface area contributed by atoms with Gasteiger partial charge in [0.2, 0.25) is 5.88 Å². The van der Waals surface area contributed by atoms with Crippen LogP contribution in [0.5, 0.6) is 11.6 Å². The van der Waals surface area contributed by atoms with E-state index in [4.69, 9.17) is 4.74 Å². The van der Waals surface area contributed by atoms with Gasteiger partial charge in [-0.1, -0.05) is 24.3 Å². The minimum atomic E-state index is -0.762. The number of carbonyl (C=O) groups is 1. The van der Waals surface area contributed by atoms with Crippen LogP contribution in [0.2, 0.25) is 0 Å². The first-order chi connectivity index (χ1) is 15.5. The molecule has 0 fully saturated rings. The number of fused-ring (bicyclic) bond motifs is 1. The number of halogens is 1. The first-order valence-corrected chi connectivity index (χ1v) is 9.48. The Bertz CT molecular complexity index is 1420. The molecular formula is C24H15FN4O3. The number of nitrogens with one attached hydrogen (secondary N) is 1. The van der Waals surface area contributed by atoms with Crippen molar-refractivity contribution < 1.29 is 13.9 Å². The van der Waals surface area contributed by atoms with Crippen molar-refractivity contribution in [2.45, 2.75) is 0 Å². The molecule has 0 aliphatic carbocycles. The summed E-state index contributed by atoms with van der Waals surface area (Å²) in [6, 6.07) is 20.6. The Hall–Kier alpha value is -4.77. The summed E-state index contributed by atoms with van der Waals surface area (Å²) in [4.78, 5) is 30.1. The average molecular weight is 426 g/mol. The van der Waals surface area contributed by atoms with E-state index in [0.717, 1.165) is 6.08 Å². The lowest BCUT2D eigenvalue weighted by atomic mass is 10.1. The molecular weight excluding hydrogens is 411 g/mol.